The van der Waals surface area contributed by atoms with E-state index >= 15 is 0 Å². The van der Waals surface area contributed by atoms with Crippen LogP contribution >= 0.6 is 11.6 Å². The zero-order chi connectivity index (χ0) is 13.2. The lowest BCUT2D eigenvalue weighted by Gasteiger charge is -2.10. The molecule has 0 atom stereocenters. The monoisotopic (exact) mass is 273 g/mol. The highest BCUT2D eigenvalue weighted by molar-refractivity contribution is 6.32. The maximum atomic E-state index is 6.08. The van der Waals surface area contributed by atoms with Gasteiger partial charge in [-0.15, -0.1) is 0 Å². The molecule has 2 aromatic rings. The van der Waals surface area contributed by atoms with Crippen molar-refractivity contribution in [1.82, 2.24) is 0 Å². The smallest absolute Gasteiger partial charge is 0.138 e. The van der Waals surface area contributed by atoms with E-state index in [0.717, 1.165) is 0 Å². The molecule has 3 heteroatoms. The quantitative estimate of drug-likeness (QED) is 0.858. The summed E-state index contributed by atoms with van der Waals surface area (Å²) in [6.07, 6.45) is 3.66. The van der Waals surface area contributed by atoms with Gasteiger partial charge in [0.2, 0.25) is 0 Å². The van der Waals surface area contributed by atoms with E-state index in [2.05, 4.69) is 18.2 Å². The fourth-order valence-corrected chi connectivity index (χ4v) is 2.75. The van der Waals surface area contributed by atoms with Crippen LogP contribution in [0.5, 0.6) is 5.75 Å². The van der Waals surface area contributed by atoms with Crippen molar-refractivity contribution in [2.45, 2.75) is 25.9 Å². The minimum atomic E-state index is 0.539. The van der Waals surface area contributed by atoms with Crippen LogP contribution in [0.3, 0.4) is 0 Å². The first-order valence-corrected chi connectivity index (χ1v) is 6.89. The summed E-state index contributed by atoms with van der Waals surface area (Å²) in [5.74, 6) is 0.677. The number of hydrogen-bond donors (Lipinski definition) is 1. The van der Waals surface area contributed by atoms with Crippen LogP contribution in [-0.4, -0.2) is 0 Å². The van der Waals surface area contributed by atoms with Gasteiger partial charge in [-0.25, -0.2) is 0 Å². The number of benzene rings is 2. The minimum absolute atomic E-state index is 0.539. The molecule has 0 unspecified atom stereocenters. The summed E-state index contributed by atoms with van der Waals surface area (Å²) in [7, 11) is 0. The molecule has 0 heterocycles. The first-order chi connectivity index (χ1) is 9.22. The normalized spacial score (nSPS) is 13.3. The molecule has 0 aromatic heterocycles. The molecule has 0 saturated carbocycles. The van der Waals surface area contributed by atoms with Gasteiger partial charge in [0.1, 0.15) is 12.4 Å². The number of ether oxygens (including phenoxy) is 1. The Balaban J connectivity index is 1.72. The topological polar surface area (TPSA) is 35.2 Å². The molecular weight excluding hydrogens is 258 g/mol. The molecule has 98 valence electrons. The third kappa shape index (κ3) is 2.69. The molecule has 0 saturated heterocycles. The average Bonchev–Trinajstić information content (AvgIpc) is 2.85. The minimum Gasteiger partial charge on any atom is -0.487 e. The summed E-state index contributed by atoms with van der Waals surface area (Å²) in [4.78, 5) is 0. The van der Waals surface area contributed by atoms with Crippen molar-refractivity contribution in [2.75, 3.05) is 5.73 Å². The maximum absolute atomic E-state index is 6.08. The van der Waals surface area contributed by atoms with Gasteiger partial charge in [-0.2, -0.15) is 0 Å². The second-order valence-corrected chi connectivity index (χ2v) is 5.34. The highest BCUT2D eigenvalue weighted by Crippen LogP contribution is 2.28. The molecule has 0 bridgehead atoms. The third-order valence-corrected chi connectivity index (χ3v) is 3.81. The van der Waals surface area contributed by atoms with Gasteiger partial charge in [0.25, 0.3) is 0 Å². The van der Waals surface area contributed by atoms with Crippen molar-refractivity contribution in [2.24, 2.45) is 0 Å². The Morgan fingerprint density at radius 3 is 2.74 bits per heavy atom. The average molecular weight is 274 g/mol. The van der Waals surface area contributed by atoms with Gasteiger partial charge >= 0.3 is 0 Å². The Labute approximate surface area is 118 Å². The van der Waals surface area contributed by atoms with Crippen molar-refractivity contribution >= 4 is 17.3 Å². The van der Waals surface area contributed by atoms with Crippen molar-refractivity contribution in [3.63, 3.8) is 0 Å². The zero-order valence-corrected chi connectivity index (χ0v) is 11.4. The van der Waals surface area contributed by atoms with E-state index < -0.39 is 0 Å². The van der Waals surface area contributed by atoms with Crippen molar-refractivity contribution in [1.29, 1.82) is 0 Å². The lowest BCUT2D eigenvalue weighted by Crippen LogP contribution is -1.97. The summed E-state index contributed by atoms with van der Waals surface area (Å²) < 4.78 is 5.75. The number of aryl methyl sites for hydroxylation is 2. The fourth-order valence-electron chi connectivity index (χ4n) is 2.51. The second kappa shape index (κ2) is 5.14. The first-order valence-electron chi connectivity index (χ1n) is 6.51. The summed E-state index contributed by atoms with van der Waals surface area (Å²) in [5.41, 5.74) is 10.4. The molecular formula is C16H16ClNO. The molecule has 0 spiro atoms. The number of nitrogen functional groups attached to an aromatic ring is 1. The number of halogens is 1. The molecule has 0 aliphatic heterocycles. The summed E-state index contributed by atoms with van der Waals surface area (Å²) >= 11 is 6.08. The van der Waals surface area contributed by atoms with Crippen LogP contribution < -0.4 is 10.5 Å². The number of anilines is 1. The summed E-state index contributed by atoms with van der Waals surface area (Å²) in [6.45, 7) is 0.539. The zero-order valence-electron chi connectivity index (χ0n) is 10.7. The molecule has 1 aliphatic carbocycles. The van der Waals surface area contributed by atoms with Gasteiger partial charge in [0, 0.05) is 5.69 Å². The fraction of sp³-hybridized carbons (Fsp3) is 0.250. The van der Waals surface area contributed by atoms with Gasteiger partial charge < -0.3 is 10.5 Å². The van der Waals surface area contributed by atoms with Crippen LogP contribution in [0.4, 0.5) is 5.69 Å². The third-order valence-electron chi connectivity index (χ3n) is 3.51. The van der Waals surface area contributed by atoms with E-state index in [1.54, 1.807) is 12.1 Å². The summed E-state index contributed by atoms with van der Waals surface area (Å²) in [5, 5.41) is 0.557. The van der Waals surface area contributed by atoms with Gasteiger partial charge in [-0.3, -0.25) is 0 Å². The molecule has 1 aliphatic rings. The maximum Gasteiger partial charge on any atom is 0.138 e. The Morgan fingerprint density at radius 1 is 1.05 bits per heavy atom. The molecule has 19 heavy (non-hydrogen) atoms. The van der Waals surface area contributed by atoms with E-state index in [1.807, 2.05) is 6.07 Å². The van der Waals surface area contributed by atoms with Crippen LogP contribution in [0.2, 0.25) is 5.02 Å². The van der Waals surface area contributed by atoms with Crippen LogP contribution in [0.15, 0.2) is 36.4 Å². The number of nitrogens with two attached hydrogens (primary N) is 1. The molecule has 0 amide bonds. The van der Waals surface area contributed by atoms with Crippen LogP contribution in [0.1, 0.15) is 23.1 Å². The first kappa shape index (κ1) is 12.4. The molecule has 2 N–H and O–H groups in total. The van der Waals surface area contributed by atoms with Gasteiger partial charge in [-0.05, 0) is 54.2 Å². The number of hydrogen-bond acceptors (Lipinski definition) is 2. The Kier molecular flexibility index (Phi) is 3.34. The lowest BCUT2D eigenvalue weighted by molar-refractivity contribution is 0.306. The highest BCUT2D eigenvalue weighted by atomic mass is 35.5. The standard InChI is InChI=1S/C16H16ClNO/c17-15-9-14(18)6-7-16(15)19-10-11-4-5-12-2-1-3-13(12)8-11/h4-9H,1-3,10,18H2. The van der Waals surface area contributed by atoms with Crippen LogP contribution in [-0.2, 0) is 19.4 Å². The van der Waals surface area contributed by atoms with Crippen molar-refractivity contribution < 1.29 is 4.74 Å². The molecule has 0 radical (unpaired) electrons. The second-order valence-electron chi connectivity index (χ2n) is 4.94. The van der Waals surface area contributed by atoms with E-state index in [9.17, 15) is 0 Å². The number of fused-ring (bicyclic) bond motifs is 1. The molecule has 3 rings (SSSR count). The van der Waals surface area contributed by atoms with Crippen LogP contribution in [0, 0.1) is 0 Å². The predicted octanol–water partition coefficient (Wildman–Crippen LogP) is 3.99. The Bertz CT molecular complexity index is 610. The number of rotatable bonds is 3. The Hall–Kier alpha value is -1.67. The van der Waals surface area contributed by atoms with E-state index in [0.29, 0.717) is 23.1 Å². The Morgan fingerprint density at radius 2 is 1.89 bits per heavy atom. The lowest BCUT2D eigenvalue weighted by atomic mass is 10.1. The molecule has 2 aromatic carbocycles. The SMILES string of the molecule is Nc1ccc(OCc2ccc3c(c2)CCC3)c(Cl)c1. The predicted molar refractivity (Wildman–Crippen MR) is 78.7 cm³/mol. The van der Waals surface area contributed by atoms with Gasteiger partial charge in [0.15, 0.2) is 0 Å². The molecule has 2 nitrogen and oxygen atoms in total. The van der Waals surface area contributed by atoms with E-state index in [1.165, 1.54) is 36.0 Å². The van der Waals surface area contributed by atoms with Crippen molar-refractivity contribution in [3.8, 4) is 5.75 Å². The summed E-state index contributed by atoms with van der Waals surface area (Å²) in [6, 6.07) is 11.9. The molecule has 0 fully saturated rings. The largest absolute Gasteiger partial charge is 0.487 e. The van der Waals surface area contributed by atoms with Gasteiger partial charge in [0.05, 0.1) is 5.02 Å². The van der Waals surface area contributed by atoms with Gasteiger partial charge in [-0.1, -0.05) is 29.8 Å². The van der Waals surface area contributed by atoms with E-state index in [4.69, 9.17) is 22.1 Å². The van der Waals surface area contributed by atoms with Crippen molar-refractivity contribution in [3.05, 3.63) is 58.1 Å². The van der Waals surface area contributed by atoms with E-state index in [-0.39, 0.29) is 0 Å². The van der Waals surface area contributed by atoms with Crippen LogP contribution in [0.25, 0.3) is 0 Å². The highest BCUT2D eigenvalue weighted by Gasteiger charge is 2.11.